The van der Waals surface area contributed by atoms with Gasteiger partial charge in [0.15, 0.2) is 6.29 Å². The highest BCUT2D eigenvalue weighted by atomic mass is 19.1. The van der Waals surface area contributed by atoms with Gasteiger partial charge in [0.25, 0.3) is 0 Å². The number of anilines is 1. The Bertz CT molecular complexity index is 436. The van der Waals surface area contributed by atoms with Crippen LogP contribution in [-0.4, -0.2) is 43.9 Å². The fraction of sp³-hybridized carbons (Fsp3) is 0.500. The van der Waals surface area contributed by atoms with Gasteiger partial charge in [-0.1, -0.05) is 13.0 Å². The summed E-state index contributed by atoms with van der Waals surface area (Å²) in [6.07, 6.45) is 1.76. The highest BCUT2D eigenvalue weighted by Gasteiger charge is 2.25. The summed E-state index contributed by atoms with van der Waals surface area (Å²) in [5, 5.41) is 0. The number of benzene rings is 1. The normalized spacial score (nSPS) is 21.1. The lowest BCUT2D eigenvalue weighted by Gasteiger charge is -2.40. The van der Waals surface area contributed by atoms with E-state index in [9.17, 15) is 9.18 Å². The van der Waals surface area contributed by atoms with Gasteiger partial charge in [0.2, 0.25) is 0 Å². The molecule has 4 heteroatoms. The minimum Gasteiger partial charge on any atom is -0.366 e. The van der Waals surface area contributed by atoms with Crippen molar-refractivity contribution in [2.75, 3.05) is 31.6 Å². The summed E-state index contributed by atoms with van der Waals surface area (Å²) in [5.41, 5.74) is 0.897. The average molecular weight is 250 g/mol. The number of rotatable bonds is 3. The third kappa shape index (κ3) is 2.38. The number of piperazine rings is 1. The van der Waals surface area contributed by atoms with Gasteiger partial charge in [0, 0.05) is 31.2 Å². The van der Waals surface area contributed by atoms with E-state index in [2.05, 4.69) is 18.9 Å². The van der Waals surface area contributed by atoms with E-state index in [1.807, 2.05) is 4.90 Å². The minimum absolute atomic E-state index is 0.306. The molecule has 0 amide bonds. The van der Waals surface area contributed by atoms with E-state index in [1.54, 1.807) is 12.1 Å². The number of carbonyl (C=O) groups excluding carboxylic acids is 1. The Morgan fingerprint density at radius 3 is 2.89 bits per heavy atom. The number of aldehydes is 1. The smallest absolute Gasteiger partial charge is 0.152 e. The second-order valence-corrected chi connectivity index (χ2v) is 4.78. The molecule has 1 heterocycles. The van der Waals surface area contributed by atoms with Crippen molar-refractivity contribution in [2.24, 2.45) is 0 Å². The van der Waals surface area contributed by atoms with Crippen molar-refractivity contribution in [3.8, 4) is 0 Å². The minimum atomic E-state index is -0.306. The van der Waals surface area contributed by atoms with Crippen LogP contribution < -0.4 is 4.90 Å². The average Bonchev–Trinajstić information content (AvgIpc) is 2.39. The number of nitrogens with zero attached hydrogens (tertiary/aromatic N) is 2. The number of halogens is 1. The number of para-hydroxylation sites is 1. The predicted molar refractivity (Wildman–Crippen MR) is 70.7 cm³/mol. The van der Waals surface area contributed by atoms with E-state index in [4.69, 9.17) is 0 Å². The maximum atomic E-state index is 13.9. The number of likely N-dealkylation sites (N-methyl/N-ethyl adjacent to an activating group) is 1. The van der Waals surface area contributed by atoms with Crippen molar-refractivity contribution >= 4 is 12.0 Å². The summed E-state index contributed by atoms with van der Waals surface area (Å²) in [6, 6.07) is 5.08. The molecule has 98 valence electrons. The first-order chi connectivity index (χ1) is 8.67. The quantitative estimate of drug-likeness (QED) is 0.768. The van der Waals surface area contributed by atoms with Gasteiger partial charge in [-0.05, 0) is 25.6 Å². The summed E-state index contributed by atoms with van der Waals surface area (Å²) in [5.74, 6) is -0.306. The molecule has 0 radical (unpaired) electrons. The molecule has 1 aliphatic rings. The molecule has 1 aromatic rings. The molecule has 0 bridgehead atoms. The SMILES string of the molecule is CCC1CN(c2c(F)cccc2C=O)CCN1C. The third-order valence-corrected chi connectivity index (χ3v) is 3.71. The molecule has 18 heavy (non-hydrogen) atoms. The standard InChI is InChI=1S/C14H19FN2O/c1-3-12-9-17(8-7-16(12)2)14-11(10-18)5-4-6-13(14)15/h4-6,10,12H,3,7-9H2,1-2H3. The van der Waals surface area contributed by atoms with Gasteiger partial charge in [-0.3, -0.25) is 9.69 Å². The molecule has 2 rings (SSSR count). The van der Waals surface area contributed by atoms with Crippen LogP contribution in [0.5, 0.6) is 0 Å². The van der Waals surface area contributed by atoms with Crippen molar-refractivity contribution < 1.29 is 9.18 Å². The van der Waals surface area contributed by atoms with Crippen LogP contribution in [0.2, 0.25) is 0 Å². The molecular formula is C14H19FN2O. The van der Waals surface area contributed by atoms with Crippen LogP contribution in [0.15, 0.2) is 18.2 Å². The third-order valence-electron chi connectivity index (χ3n) is 3.71. The molecule has 0 N–H and O–H groups in total. The van der Waals surface area contributed by atoms with Crippen LogP contribution in [0.25, 0.3) is 0 Å². The Balaban J connectivity index is 2.29. The molecule has 3 nitrogen and oxygen atoms in total. The van der Waals surface area contributed by atoms with Crippen LogP contribution >= 0.6 is 0 Å². The van der Waals surface area contributed by atoms with Crippen molar-refractivity contribution in [2.45, 2.75) is 19.4 Å². The monoisotopic (exact) mass is 250 g/mol. The fourth-order valence-corrected chi connectivity index (χ4v) is 2.55. The maximum Gasteiger partial charge on any atom is 0.152 e. The highest BCUT2D eigenvalue weighted by Crippen LogP contribution is 2.26. The van der Waals surface area contributed by atoms with Gasteiger partial charge in [-0.25, -0.2) is 4.39 Å². The Hall–Kier alpha value is -1.42. The Labute approximate surface area is 107 Å². The van der Waals surface area contributed by atoms with Crippen molar-refractivity contribution in [3.63, 3.8) is 0 Å². The Morgan fingerprint density at radius 1 is 1.44 bits per heavy atom. The molecule has 1 unspecified atom stereocenters. The molecule has 1 fully saturated rings. The highest BCUT2D eigenvalue weighted by molar-refractivity contribution is 5.84. The first-order valence-corrected chi connectivity index (χ1v) is 6.36. The summed E-state index contributed by atoms with van der Waals surface area (Å²) in [6.45, 7) is 4.56. The summed E-state index contributed by atoms with van der Waals surface area (Å²) < 4.78 is 13.9. The lowest BCUT2D eigenvalue weighted by molar-refractivity contribution is 0.112. The van der Waals surface area contributed by atoms with Gasteiger partial charge in [0.1, 0.15) is 5.82 Å². The van der Waals surface area contributed by atoms with E-state index in [0.717, 1.165) is 32.3 Å². The topological polar surface area (TPSA) is 23.6 Å². The van der Waals surface area contributed by atoms with E-state index in [1.165, 1.54) is 6.07 Å². The molecule has 0 aliphatic carbocycles. The van der Waals surface area contributed by atoms with E-state index in [-0.39, 0.29) is 5.82 Å². The first kappa shape index (κ1) is 13.0. The van der Waals surface area contributed by atoms with Crippen LogP contribution in [-0.2, 0) is 0 Å². The second kappa shape index (κ2) is 5.48. The molecule has 1 aromatic carbocycles. The van der Waals surface area contributed by atoms with Crippen LogP contribution in [0.3, 0.4) is 0 Å². The van der Waals surface area contributed by atoms with Gasteiger partial charge in [-0.2, -0.15) is 0 Å². The zero-order valence-electron chi connectivity index (χ0n) is 10.9. The molecular weight excluding hydrogens is 231 g/mol. The van der Waals surface area contributed by atoms with Gasteiger partial charge in [-0.15, -0.1) is 0 Å². The number of carbonyl (C=O) groups is 1. The van der Waals surface area contributed by atoms with E-state index in [0.29, 0.717) is 17.3 Å². The zero-order valence-corrected chi connectivity index (χ0v) is 10.9. The molecule has 0 spiro atoms. The summed E-state index contributed by atoms with van der Waals surface area (Å²) >= 11 is 0. The Morgan fingerprint density at radius 2 is 2.22 bits per heavy atom. The van der Waals surface area contributed by atoms with Crippen molar-refractivity contribution in [1.29, 1.82) is 0 Å². The molecule has 1 saturated heterocycles. The van der Waals surface area contributed by atoms with Crippen LogP contribution in [0.1, 0.15) is 23.7 Å². The lowest BCUT2D eigenvalue weighted by atomic mass is 10.1. The zero-order chi connectivity index (χ0) is 13.1. The first-order valence-electron chi connectivity index (χ1n) is 6.36. The van der Waals surface area contributed by atoms with Crippen LogP contribution in [0, 0.1) is 5.82 Å². The summed E-state index contributed by atoms with van der Waals surface area (Å²) in [4.78, 5) is 15.3. The molecule has 1 atom stereocenters. The van der Waals surface area contributed by atoms with Gasteiger partial charge < -0.3 is 4.90 Å². The maximum absolute atomic E-state index is 13.9. The number of hydrogen-bond donors (Lipinski definition) is 0. The largest absolute Gasteiger partial charge is 0.366 e. The number of hydrogen-bond acceptors (Lipinski definition) is 3. The van der Waals surface area contributed by atoms with E-state index < -0.39 is 0 Å². The van der Waals surface area contributed by atoms with Gasteiger partial charge >= 0.3 is 0 Å². The van der Waals surface area contributed by atoms with Gasteiger partial charge in [0.05, 0.1) is 5.69 Å². The Kier molecular flexibility index (Phi) is 3.97. The van der Waals surface area contributed by atoms with Crippen LogP contribution in [0.4, 0.5) is 10.1 Å². The van der Waals surface area contributed by atoms with E-state index >= 15 is 0 Å². The molecule has 0 saturated carbocycles. The molecule has 1 aliphatic heterocycles. The summed E-state index contributed by atoms with van der Waals surface area (Å²) in [7, 11) is 2.09. The van der Waals surface area contributed by atoms with Crippen molar-refractivity contribution in [3.05, 3.63) is 29.6 Å². The molecule has 0 aromatic heterocycles. The predicted octanol–water partition coefficient (Wildman–Crippen LogP) is 2.17. The second-order valence-electron chi connectivity index (χ2n) is 4.78. The lowest BCUT2D eigenvalue weighted by Crippen LogP contribution is -2.51. The van der Waals surface area contributed by atoms with Crippen molar-refractivity contribution in [1.82, 2.24) is 4.90 Å². The fourth-order valence-electron chi connectivity index (χ4n) is 2.55.